The average molecular weight is 243 g/mol. The third-order valence-electron chi connectivity index (χ3n) is 2.90. The van der Waals surface area contributed by atoms with Gasteiger partial charge in [0.15, 0.2) is 0 Å². The molecular weight excluding hydrogens is 228 g/mol. The maximum atomic E-state index is 10.5. The molecule has 0 atom stereocenters. The molecule has 0 spiro atoms. The molecule has 16 heavy (non-hydrogen) atoms. The van der Waals surface area contributed by atoms with Gasteiger partial charge in [-0.1, -0.05) is 11.6 Å². The molecule has 0 heterocycles. The minimum atomic E-state index is -0.881. The SMILES string of the molecule is Cc1c(C)c(Cl)c(C)c(CCC(=O)O)c1O. The van der Waals surface area contributed by atoms with Crippen LogP contribution in [0.2, 0.25) is 5.02 Å². The number of carboxylic acids is 1. The number of aliphatic carboxylic acids is 1. The number of phenolic OH excluding ortho intramolecular Hbond substituents is 1. The first-order valence-electron chi connectivity index (χ1n) is 5.05. The number of aromatic hydroxyl groups is 1. The number of benzene rings is 1. The molecule has 0 bridgehead atoms. The number of hydrogen-bond donors (Lipinski definition) is 2. The third-order valence-corrected chi connectivity index (χ3v) is 3.47. The summed E-state index contributed by atoms with van der Waals surface area (Å²) in [6.45, 7) is 5.41. The molecule has 0 aliphatic carbocycles. The van der Waals surface area contributed by atoms with Crippen molar-refractivity contribution in [2.24, 2.45) is 0 Å². The van der Waals surface area contributed by atoms with Gasteiger partial charge in [0.25, 0.3) is 0 Å². The van der Waals surface area contributed by atoms with Crippen molar-refractivity contribution >= 4 is 17.6 Å². The second kappa shape index (κ2) is 4.74. The fraction of sp³-hybridized carbons (Fsp3) is 0.417. The van der Waals surface area contributed by atoms with Gasteiger partial charge in [-0.3, -0.25) is 4.79 Å². The topological polar surface area (TPSA) is 57.5 Å². The molecule has 88 valence electrons. The first-order chi connectivity index (χ1) is 7.36. The van der Waals surface area contributed by atoms with Crippen LogP contribution in [0.15, 0.2) is 0 Å². The number of halogens is 1. The molecule has 3 nitrogen and oxygen atoms in total. The summed E-state index contributed by atoms with van der Waals surface area (Å²) in [5.74, 6) is -0.714. The maximum absolute atomic E-state index is 10.5. The molecule has 0 amide bonds. The van der Waals surface area contributed by atoms with Gasteiger partial charge >= 0.3 is 5.97 Å². The highest BCUT2D eigenvalue weighted by Gasteiger charge is 2.16. The molecule has 0 aliphatic heterocycles. The van der Waals surface area contributed by atoms with Crippen LogP contribution in [-0.2, 0) is 11.2 Å². The molecule has 4 heteroatoms. The molecule has 0 aromatic heterocycles. The summed E-state index contributed by atoms with van der Waals surface area (Å²) in [6.07, 6.45) is 0.293. The number of hydrogen-bond acceptors (Lipinski definition) is 2. The zero-order valence-electron chi connectivity index (χ0n) is 9.59. The summed E-state index contributed by atoms with van der Waals surface area (Å²) in [4.78, 5) is 10.5. The van der Waals surface area contributed by atoms with E-state index in [4.69, 9.17) is 16.7 Å². The van der Waals surface area contributed by atoms with E-state index in [9.17, 15) is 9.90 Å². The minimum absolute atomic E-state index is 0.00672. The van der Waals surface area contributed by atoms with Crippen molar-refractivity contribution in [3.05, 3.63) is 27.3 Å². The Morgan fingerprint density at radius 3 is 2.25 bits per heavy atom. The number of rotatable bonds is 3. The van der Waals surface area contributed by atoms with Gasteiger partial charge in [-0.05, 0) is 49.4 Å². The average Bonchev–Trinajstić information content (AvgIpc) is 2.23. The predicted molar refractivity (Wildman–Crippen MR) is 63.3 cm³/mol. The van der Waals surface area contributed by atoms with E-state index >= 15 is 0 Å². The molecule has 0 saturated heterocycles. The van der Waals surface area contributed by atoms with Gasteiger partial charge in [0, 0.05) is 11.4 Å². The molecular formula is C12H15ClO3. The predicted octanol–water partition coefficient (Wildman–Crippen LogP) is 2.99. The molecule has 0 aliphatic rings. The highest BCUT2D eigenvalue weighted by atomic mass is 35.5. The quantitative estimate of drug-likeness (QED) is 0.857. The van der Waals surface area contributed by atoms with Crippen LogP contribution >= 0.6 is 11.6 Å². The number of phenols is 1. The first-order valence-corrected chi connectivity index (χ1v) is 5.43. The Morgan fingerprint density at radius 1 is 1.19 bits per heavy atom. The lowest BCUT2D eigenvalue weighted by molar-refractivity contribution is -0.136. The highest BCUT2D eigenvalue weighted by molar-refractivity contribution is 6.32. The summed E-state index contributed by atoms with van der Waals surface area (Å²) in [7, 11) is 0. The van der Waals surface area contributed by atoms with Gasteiger partial charge < -0.3 is 10.2 Å². The molecule has 0 saturated carbocycles. The molecule has 1 rings (SSSR count). The molecule has 0 unspecified atom stereocenters. The Morgan fingerprint density at radius 2 is 1.75 bits per heavy atom. The summed E-state index contributed by atoms with van der Waals surface area (Å²) >= 11 is 6.12. The van der Waals surface area contributed by atoms with E-state index in [2.05, 4.69) is 0 Å². The smallest absolute Gasteiger partial charge is 0.303 e. The van der Waals surface area contributed by atoms with Crippen molar-refractivity contribution in [3.63, 3.8) is 0 Å². The van der Waals surface area contributed by atoms with Crippen LogP contribution in [0.5, 0.6) is 5.75 Å². The fourth-order valence-corrected chi connectivity index (χ4v) is 1.95. The van der Waals surface area contributed by atoms with Crippen LogP contribution in [-0.4, -0.2) is 16.2 Å². The molecule has 0 fully saturated rings. The summed E-state index contributed by atoms with van der Waals surface area (Å²) in [5, 5.41) is 19.2. The van der Waals surface area contributed by atoms with E-state index < -0.39 is 5.97 Å². The van der Waals surface area contributed by atoms with Crippen molar-refractivity contribution in [3.8, 4) is 5.75 Å². The van der Waals surface area contributed by atoms with Gasteiger partial charge in [0.2, 0.25) is 0 Å². The highest BCUT2D eigenvalue weighted by Crippen LogP contribution is 2.35. The largest absolute Gasteiger partial charge is 0.507 e. The Hall–Kier alpha value is -1.22. The van der Waals surface area contributed by atoms with Gasteiger partial charge in [-0.25, -0.2) is 0 Å². The maximum Gasteiger partial charge on any atom is 0.303 e. The lowest BCUT2D eigenvalue weighted by Crippen LogP contribution is -2.02. The van der Waals surface area contributed by atoms with Gasteiger partial charge in [0.05, 0.1) is 0 Å². The first kappa shape index (κ1) is 12.8. The Bertz CT molecular complexity index is 409. The molecule has 1 aromatic rings. The summed E-state index contributed by atoms with van der Waals surface area (Å²) < 4.78 is 0. The van der Waals surface area contributed by atoms with E-state index in [1.165, 1.54) is 0 Å². The van der Waals surface area contributed by atoms with Gasteiger partial charge in [-0.15, -0.1) is 0 Å². The lowest BCUT2D eigenvalue weighted by Gasteiger charge is -2.15. The summed E-state index contributed by atoms with van der Waals surface area (Å²) in [5.41, 5.74) is 2.96. The number of carboxylic acid groups (broad SMARTS) is 1. The van der Waals surface area contributed by atoms with Crippen LogP contribution in [0.3, 0.4) is 0 Å². The number of carbonyl (C=O) groups is 1. The van der Waals surface area contributed by atoms with Crippen LogP contribution in [0.4, 0.5) is 0 Å². The van der Waals surface area contributed by atoms with Crippen LogP contribution in [0, 0.1) is 20.8 Å². The zero-order valence-corrected chi connectivity index (χ0v) is 10.4. The van der Waals surface area contributed by atoms with Crippen molar-refractivity contribution in [2.75, 3.05) is 0 Å². The van der Waals surface area contributed by atoms with Gasteiger partial charge in [0.1, 0.15) is 5.75 Å². The fourth-order valence-electron chi connectivity index (χ4n) is 1.70. The molecule has 0 radical (unpaired) electrons. The van der Waals surface area contributed by atoms with Crippen molar-refractivity contribution in [1.82, 2.24) is 0 Å². The normalized spacial score (nSPS) is 10.5. The van der Waals surface area contributed by atoms with Crippen LogP contribution in [0.25, 0.3) is 0 Å². The molecule has 2 N–H and O–H groups in total. The summed E-state index contributed by atoms with van der Waals surface area (Å²) in [6, 6.07) is 0. The van der Waals surface area contributed by atoms with Crippen molar-refractivity contribution in [2.45, 2.75) is 33.6 Å². The second-order valence-corrected chi connectivity index (χ2v) is 4.29. The second-order valence-electron chi connectivity index (χ2n) is 3.91. The van der Waals surface area contributed by atoms with E-state index in [0.717, 1.165) is 16.7 Å². The van der Waals surface area contributed by atoms with E-state index in [0.29, 0.717) is 17.0 Å². The van der Waals surface area contributed by atoms with Crippen molar-refractivity contribution in [1.29, 1.82) is 0 Å². The van der Waals surface area contributed by atoms with Crippen molar-refractivity contribution < 1.29 is 15.0 Å². The van der Waals surface area contributed by atoms with Gasteiger partial charge in [-0.2, -0.15) is 0 Å². The standard InChI is InChI=1S/C12H15ClO3/c1-6-7(2)12(16)9(4-5-10(14)15)8(3)11(6)13/h16H,4-5H2,1-3H3,(H,14,15). The Kier molecular flexibility index (Phi) is 3.81. The van der Waals surface area contributed by atoms with E-state index in [1.54, 1.807) is 13.8 Å². The molecule has 1 aromatic carbocycles. The van der Waals surface area contributed by atoms with E-state index in [-0.39, 0.29) is 12.2 Å². The lowest BCUT2D eigenvalue weighted by atomic mass is 9.96. The van der Waals surface area contributed by atoms with Crippen LogP contribution in [0.1, 0.15) is 28.7 Å². The van der Waals surface area contributed by atoms with Crippen LogP contribution < -0.4 is 0 Å². The Balaban J connectivity index is 3.23. The Labute approximate surface area is 99.7 Å². The monoisotopic (exact) mass is 242 g/mol. The zero-order chi connectivity index (χ0) is 12.5. The minimum Gasteiger partial charge on any atom is -0.507 e. The van der Waals surface area contributed by atoms with E-state index in [1.807, 2.05) is 6.92 Å². The third kappa shape index (κ3) is 2.30.